The first-order chi connectivity index (χ1) is 8.08. The zero-order chi connectivity index (χ0) is 12.7. The second-order valence-corrected chi connectivity index (χ2v) is 4.07. The van der Waals surface area contributed by atoms with Crippen LogP contribution in [0.5, 0.6) is 0 Å². The maximum absolute atomic E-state index is 11.3. The Morgan fingerprint density at radius 3 is 2.47 bits per heavy atom. The summed E-state index contributed by atoms with van der Waals surface area (Å²) in [5.74, 6) is -0.104. The van der Waals surface area contributed by atoms with Gasteiger partial charge in [0, 0.05) is 12.1 Å². The smallest absolute Gasteiger partial charge is 0.220 e. The number of nitrogens with two attached hydrogens (primary N) is 1. The minimum absolute atomic E-state index is 0.0307. The van der Waals surface area contributed by atoms with Crippen LogP contribution in [0.4, 0.5) is 5.69 Å². The summed E-state index contributed by atoms with van der Waals surface area (Å²) in [5.41, 5.74) is 7.48. The van der Waals surface area contributed by atoms with Crippen molar-refractivity contribution in [3.63, 3.8) is 0 Å². The van der Waals surface area contributed by atoms with Crippen molar-refractivity contribution in [2.45, 2.75) is 26.2 Å². The van der Waals surface area contributed by atoms with E-state index in [2.05, 4.69) is 5.32 Å². The van der Waals surface area contributed by atoms with Gasteiger partial charge in [0.2, 0.25) is 5.91 Å². The van der Waals surface area contributed by atoms with E-state index >= 15 is 0 Å². The number of rotatable bonds is 6. The maximum atomic E-state index is 11.3. The molecular formula is C13H18N2O2. The normalized spacial score (nSPS) is 9.94. The van der Waals surface area contributed by atoms with E-state index in [0.29, 0.717) is 6.42 Å². The van der Waals surface area contributed by atoms with Gasteiger partial charge >= 0.3 is 0 Å². The number of aryl methyl sites for hydroxylation is 1. The number of Topliss-reactive ketones (excluding diaryl/α,β-unsaturated/α-hetero) is 1. The predicted molar refractivity (Wildman–Crippen MR) is 67.5 cm³/mol. The molecule has 0 radical (unpaired) electrons. The van der Waals surface area contributed by atoms with Gasteiger partial charge in [-0.05, 0) is 37.5 Å². The minimum Gasteiger partial charge on any atom is -0.399 e. The van der Waals surface area contributed by atoms with Crippen LogP contribution < -0.4 is 11.1 Å². The van der Waals surface area contributed by atoms with Crippen LogP contribution in [-0.4, -0.2) is 18.2 Å². The third-order valence-corrected chi connectivity index (χ3v) is 2.38. The maximum Gasteiger partial charge on any atom is 0.220 e. The molecule has 0 saturated heterocycles. The molecule has 0 heterocycles. The van der Waals surface area contributed by atoms with Gasteiger partial charge in [-0.3, -0.25) is 9.59 Å². The molecule has 1 aromatic rings. The first kappa shape index (κ1) is 13.2. The summed E-state index contributed by atoms with van der Waals surface area (Å²) in [6.07, 6.45) is 2.05. The van der Waals surface area contributed by atoms with Crippen LogP contribution in [0.25, 0.3) is 0 Å². The van der Waals surface area contributed by atoms with Gasteiger partial charge in [0.1, 0.15) is 5.78 Å². The van der Waals surface area contributed by atoms with Crippen LogP contribution in [0, 0.1) is 0 Å². The van der Waals surface area contributed by atoms with Gasteiger partial charge in [-0.1, -0.05) is 12.1 Å². The number of nitrogens with one attached hydrogen (secondary N) is 1. The molecule has 1 rings (SSSR count). The molecule has 0 bridgehead atoms. The highest BCUT2D eigenvalue weighted by Crippen LogP contribution is 2.08. The molecule has 92 valence electrons. The standard InChI is InChI=1S/C13H18N2O2/c1-10(16)9-15-13(17)4-2-3-11-5-7-12(14)8-6-11/h5-8H,2-4,9,14H2,1H3,(H,15,17). The molecule has 1 aromatic carbocycles. The molecule has 0 atom stereocenters. The first-order valence-corrected chi connectivity index (χ1v) is 5.68. The van der Waals surface area contributed by atoms with E-state index in [9.17, 15) is 9.59 Å². The zero-order valence-corrected chi connectivity index (χ0v) is 10.0. The van der Waals surface area contributed by atoms with Crippen LogP contribution in [0.3, 0.4) is 0 Å². The molecule has 17 heavy (non-hydrogen) atoms. The summed E-state index contributed by atoms with van der Waals surface area (Å²) in [7, 11) is 0. The molecule has 3 N–H and O–H groups in total. The van der Waals surface area contributed by atoms with Gasteiger partial charge in [0.05, 0.1) is 6.54 Å². The van der Waals surface area contributed by atoms with E-state index in [4.69, 9.17) is 5.73 Å². The molecule has 4 heteroatoms. The Hall–Kier alpha value is -1.84. The summed E-state index contributed by atoms with van der Waals surface area (Å²) in [5, 5.41) is 2.57. The van der Waals surface area contributed by atoms with Gasteiger partial charge in [0.25, 0.3) is 0 Å². The van der Waals surface area contributed by atoms with Crippen molar-refractivity contribution >= 4 is 17.4 Å². The van der Waals surface area contributed by atoms with Crippen molar-refractivity contribution in [1.29, 1.82) is 0 Å². The van der Waals surface area contributed by atoms with Crippen molar-refractivity contribution in [3.05, 3.63) is 29.8 Å². The fraction of sp³-hybridized carbons (Fsp3) is 0.385. The zero-order valence-electron chi connectivity index (χ0n) is 10.0. The molecule has 1 amide bonds. The van der Waals surface area contributed by atoms with E-state index in [1.54, 1.807) is 0 Å². The van der Waals surface area contributed by atoms with Crippen molar-refractivity contribution in [2.24, 2.45) is 0 Å². The Morgan fingerprint density at radius 1 is 1.24 bits per heavy atom. The van der Waals surface area contributed by atoms with E-state index in [1.807, 2.05) is 24.3 Å². The number of hydrogen-bond donors (Lipinski definition) is 2. The Kier molecular flexibility index (Phi) is 5.20. The number of benzene rings is 1. The number of hydrogen-bond acceptors (Lipinski definition) is 3. The number of carbonyl (C=O) groups excluding carboxylic acids is 2. The lowest BCUT2D eigenvalue weighted by atomic mass is 10.1. The highest BCUT2D eigenvalue weighted by Gasteiger charge is 2.02. The molecule has 0 aliphatic heterocycles. The number of carbonyl (C=O) groups is 2. The Labute approximate surface area is 101 Å². The fourth-order valence-corrected chi connectivity index (χ4v) is 1.45. The summed E-state index contributed by atoms with van der Waals surface area (Å²) < 4.78 is 0. The molecular weight excluding hydrogens is 216 g/mol. The summed E-state index contributed by atoms with van der Waals surface area (Å²) in [6, 6.07) is 7.63. The van der Waals surface area contributed by atoms with Gasteiger partial charge in [0.15, 0.2) is 0 Å². The molecule has 0 spiro atoms. The Bertz CT molecular complexity index is 385. The molecule has 0 unspecified atom stereocenters. The highest BCUT2D eigenvalue weighted by molar-refractivity contribution is 5.84. The quantitative estimate of drug-likeness (QED) is 0.729. The van der Waals surface area contributed by atoms with E-state index in [0.717, 1.165) is 18.5 Å². The van der Waals surface area contributed by atoms with Crippen LogP contribution in [0.2, 0.25) is 0 Å². The highest BCUT2D eigenvalue weighted by atomic mass is 16.2. The summed E-state index contributed by atoms with van der Waals surface area (Å²) >= 11 is 0. The van der Waals surface area contributed by atoms with Gasteiger partial charge in [-0.2, -0.15) is 0 Å². The predicted octanol–water partition coefficient (Wildman–Crippen LogP) is 1.30. The topological polar surface area (TPSA) is 72.2 Å². The average Bonchev–Trinajstić information content (AvgIpc) is 2.29. The average molecular weight is 234 g/mol. The molecule has 0 aliphatic carbocycles. The first-order valence-electron chi connectivity index (χ1n) is 5.68. The summed E-state index contributed by atoms with van der Waals surface area (Å²) in [4.78, 5) is 22.0. The largest absolute Gasteiger partial charge is 0.399 e. The van der Waals surface area contributed by atoms with Crippen LogP contribution in [0.15, 0.2) is 24.3 Å². The van der Waals surface area contributed by atoms with E-state index in [-0.39, 0.29) is 18.2 Å². The lowest BCUT2D eigenvalue weighted by molar-refractivity contribution is -0.124. The number of nitrogen functional groups attached to an aromatic ring is 1. The van der Waals surface area contributed by atoms with Gasteiger partial charge < -0.3 is 11.1 Å². The van der Waals surface area contributed by atoms with Crippen molar-refractivity contribution in [3.8, 4) is 0 Å². The second-order valence-electron chi connectivity index (χ2n) is 4.07. The van der Waals surface area contributed by atoms with Crippen molar-refractivity contribution < 1.29 is 9.59 Å². The van der Waals surface area contributed by atoms with Crippen LogP contribution in [0.1, 0.15) is 25.3 Å². The molecule has 0 aromatic heterocycles. The Morgan fingerprint density at radius 2 is 1.88 bits per heavy atom. The molecule has 0 aliphatic rings. The third-order valence-electron chi connectivity index (χ3n) is 2.38. The minimum atomic E-state index is -0.0735. The van der Waals surface area contributed by atoms with E-state index < -0.39 is 0 Å². The van der Waals surface area contributed by atoms with Crippen LogP contribution in [-0.2, 0) is 16.0 Å². The van der Waals surface area contributed by atoms with Crippen molar-refractivity contribution in [2.75, 3.05) is 12.3 Å². The van der Waals surface area contributed by atoms with Gasteiger partial charge in [-0.15, -0.1) is 0 Å². The number of anilines is 1. The molecule has 0 saturated carbocycles. The fourth-order valence-electron chi connectivity index (χ4n) is 1.45. The SMILES string of the molecule is CC(=O)CNC(=O)CCCc1ccc(N)cc1. The third kappa shape index (κ3) is 5.70. The summed E-state index contributed by atoms with van der Waals surface area (Å²) in [6.45, 7) is 1.58. The number of ketones is 1. The van der Waals surface area contributed by atoms with Gasteiger partial charge in [-0.25, -0.2) is 0 Å². The van der Waals surface area contributed by atoms with E-state index in [1.165, 1.54) is 12.5 Å². The van der Waals surface area contributed by atoms with Crippen LogP contribution >= 0.6 is 0 Å². The number of amides is 1. The molecule has 0 fully saturated rings. The second kappa shape index (κ2) is 6.68. The molecule has 4 nitrogen and oxygen atoms in total. The van der Waals surface area contributed by atoms with Crippen molar-refractivity contribution in [1.82, 2.24) is 5.32 Å². The Balaban J connectivity index is 2.21. The monoisotopic (exact) mass is 234 g/mol. The lowest BCUT2D eigenvalue weighted by Crippen LogP contribution is -2.27. The lowest BCUT2D eigenvalue weighted by Gasteiger charge is -2.03.